The van der Waals surface area contributed by atoms with Crippen LogP contribution in [-0.2, 0) is 0 Å². The Morgan fingerprint density at radius 2 is 1.06 bits per heavy atom. The van der Waals surface area contributed by atoms with E-state index in [1.54, 1.807) is 0 Å². The van der Waals surface area contributed by atoms with E-state index in [4.69, 9.17) is 12.3 Å². The number of nitrogens with zero attached hydrogens (tertiary/aromatic N) is 1. The molecule has 1 aromatic heterocycles. The molecule has 0 aliphatic carbocycles. The second-order valence-electron chi connectivity index (χ2n) is 8.12. The summed E-state index contributed by atoms with van der Waals surface area (Å²) in [6.07, 6.45) is 0. The van der Waals surface area contributed by atoms with Gasteiger partial charge >= 0.3 is 0 Å². The molecule has 1 heterocycles. The van der Waals surface area contributed by atoms with Crippen LogP contribution in [-0.4, -0.2) is 7.85 Å². The number of hydrogen-bond acceptors (Lipinski definition) is 2. The van der Waals surface area contributed by atoms with Crippen molar-refractivity contribution in [2.45, 2.75) is 0 Å². The van der Waals surface area contributed by atoms with Crippen molar-refractivity contribution in [3.05, 3.63) is 121 Å². The van der Waals surface area contributed by atoms with Gasteiger partial charge in [-0.25, -0.2) is 0 Å². The highest BCUT2D eigenvalue weighted by Gasteiger charge is 2.15. The smallest absolute Gasteiger partial charge is 0.137 e. The third-order valence-corrected chi connectivity index (χ3v) is 6.00. The molecule has 0 amide bonds. The van der Waals surface area contributed by atoms with Crippen LogP contribution in [0.1, 0.15) is 0 Å². The molecule has 0 aliphatic heterocycles. The van der Waals surface area contributed by atoms with E-state index in [2.05, 4.69) is 77.7 Å². The highest BCUT2D eigenvalue weighted by atomic mass is 16.3. The summed E-state index contributed by atoms with van der Waals surface area (Å²) >= 11 is 0. The molecule has 0 saturated heterocycles. The summed E-state index contributed by atoms with van der Waals surface area (Å²) in [5.74, 6) is 0. The third-order valence-electron chi connectivity index (χ3n) is 6.00. The molecule has 0 saturated carbocycles. The predicted octanol–water partition coefficient (Wildman–Crippen LogP) is 7.52. The van der Waals surface area contributed by atoms with E-state index < -0.39 is 0 Å². The SMILES string of the molecule is [B]c1ccc(N(c2ccc(-c3ccccc3)cc2)c2ccc3c(c2)oc2ccccc23)cc1. The van der Waals surface area contributed by atoms with E-state index in [0.717, 1.165) is 44.5 Å². The summed E-state index contributed by atoms with van der Waals surface area (Å²) in [7, 11) is 5.97. The molecule has 0 N–H and O–H groups in total. The second-order valence-corrected chi connectivity index (χ2v) is 8.12. The summed E-state index contributed by atoms with van der Waals surface area (Å²) in [4.78, 5) is 2.22. The fourth-order valence-corrected chi connectivity index (χ4v) is 4.36. The first kappa shape index (κ1) is 19.5. The van der Waals surface area contributed by atoms with Crippen molar-refractivity contribution in [1.29, 1.82) is 0 Å². The molecule has 0 spiro atoms. The van der Waals surface area contributed by atoms with Crippen LogP contribution >= 0.6 is 0 Å². The lowest BCUT2D eigenvalue weighted by Gasteiger charge is -2.26. The van der Waals surface area contributed by atoms with Gasteiger partial charge in [0.15, 0.2) is 0 Å². The lowest BCUT2D eigenvalue weighted by molar-refractivity contribution is 0.669. The van der Waals surface area contributed by atoms with E-state index in [0.29, 0.717) is 0 Å². The van der Waals surface area contributed by atoms with Gasteiger partial charge in [0.1, 0.15) is 19.0 Å². The first-order chi connectivity index (χ1) is 16.3. The maximum Gasteiger partial charge on any atom is 0.137 e. The Balaban J connectivity index is 1.48. The zero-order valence-electron chi connectivity index (χ0n) is 18.0. The molecule has 5 aromatic carbocycles. The fraction of sp³-hybridized carbons (Fsp3) is 0. The van der Waals surface area contributed by atoms with Gasteiger partial charge < -0.3 is 9.32 Å². The topological polar surface area (TPSA) is 16.4 Å². The van der Waals surface area contributed by atoms with Crippen LogP contribution in [0.2, 0.25) is 0 Å². The molecule has 2 radical (unpaired) electrons. The van der Waals surface area contributed by atoms with E-state index in [1.807, 2.05) is 48.5 Å². The molecule has 0 aliphatic rings. The molecule has 0 bridgehead atoms. The molecule has 33 heavy (non-hydrogen) atoms. The molecule has 2 nitrogen and oxygen atoms in total. The van der Waals surface area contributed by atoms with Crippen LogP contribution in [0.3, 0.4) is 0 Å². The number of anilines is 3. The molecular formula is C30H20BNO. The van der Waals surface area contributed by atoms with E-state index in [9.17, 15) is 0 Å². The zero-order chi connectivity index (χ0) is 22.2. The highest BCUT2D eigenvalue weighted by molar-refractivity contribution is 6.32. The first-order valence-electron chi connectivity index (χ1n) is 11.0. The van der Waals surface area contributed by atoms with Gasteiger partial charge in [-0.2, -0.15) is 0 Å². The van der Waals surface area contributed by atoms with Crippen molar-refractivity contribution in [3.63, 3.8) is 0 Å². The number of benzene rings is 5. The van der Waals surface area contributed by atoms with E-state index >= 15 is 0 Å². The van der Waals surface area contributed by atoms with Crippen molar-refractivity contribution in [1.82, 2.24) is 0 Å². The Labute approximate surface area is 194 Å². The van der Waals surface area contributed by atoms with Crippen LogP contribution in [0.25, 0.3) is 33.1 Å². The van der Waals surface area contributed by atoms with Gasteiger partial charge in [0.2, 0.25) is 0 Å². The quantitative estimate of drug-likeness (QED) is 0.274. The Bertz CT molecular complexity index is 1550. The molecule has 3 heteroatoms. The normalized spacial score (nSPS) is 11.2. The molecule has 6 aromatic rings. The number of furan rings is 1. The van der Waals surface area contributed by atoms with Gasteiger partial charge in [-0.1, -0.05) is 78.3 Å². The van der Waals surface area contributed by atoms with E-state index in [1.165, 1.54) is 11.1 Å². The second kappa shape index (κ2) is 8.03. The summed E-state index contributed by atoms with van der Waals surface area (Å²) in [6.45, 7) is 0. The molecule has 6 rings (SSSR count). The molecule has 0 unspecified atom stereocenters. The van der Waals surface area contributed by atoms with Crippen LogP contribution in [0, 0.1) is 0 Å². The van der Waals surface area contributed by atoms with Gasteiger partial charge in [0.05, 0.1) is 0 Å². The van der Waals surface area contributed by atoms with E-state index in [-0.39, 0.29) is 0 Å². The minimum atomic E-state index is 0.742. The first-order valence-corrected chi connectivity index (χ1v) is 11.0. The largest absolute Gasteiger partial charge is 0.456 e. The minimum absolute atomic E-state index is 0.742. The van der Waals surface area contributed by atoms with Crippen molar-refractivity contribution < 1.29 is 4.42 Å². The van der Waals surface area contributed by atoms with Crippen LogP contribution in [0.5, 0.6) is 0 Å². The van der Waals surface area contributed by atoms with Crippen molar-refractivity contribution in [3.8, 4) is 11.1 Å². The molecule has 154 valence electrons. The Morgan fingerprint density at radius 1 is 0.485 bits per heavy atom. The lowest BCUT2D eigenvalue weighted by atomic mass is 9.96. The number of para-hydroxylation sites is 1. The zero-order valence-corrected chi connectivity index (χ0v) is 18.0. The predicted molar refractivity (Wildman–Crippen MR) is 139 cm³/mol. The average molecular weight is 421 g/mol. The number of rotatable bonds is 4. The van der Waals surface area contributed by atoms with Crippen LogP contribution in [0.15, 0.2) is 126 Å². The molecular weight excluding hydrogens is 401 g/mol. The highest BCUT2D eigenvalue weighted by Crippen LogP contribution is 2.38. The summed E-state index contributed by atoms with van der Waals surface area (Å²) < 4.78 is 6.16. The Hall–Kier alpha value is -4.24. The van der Waals surface area contributed by atoms with Gasteiger partial charge in [-0.15, -0.1) is 0 Å². The lowest BCUT2D eigenvalue weighted by Crippen LogP contribution is -2.11. The maximum atomic E-state index is 6.16. The number of fused-ring (bicyclic) bond motifs is 3. The Kier molecular flexibility index (Phi) is 4.73. The maximum absolute atomic E-state index is 6.16. The summed E-state index contributed by atoms with van der Waals surface area (Å²) in [6, 6.07) is 41.5. The molecule has 0 fully saturated rings. The van der Waals surface area contributed by atoms with Gasteiger partial charge in [0.25, 0.3) is 0 Å². The number of hydrogen-bond donors (Lipinski definition) is 0. The van der Waals surface area contributed by atoms with Crippen molar-refractivity contribution >= 4 is 52.3 Å². The van der Waals surface area contributed by atoms with Gasteiger partial charge in [-0.3, -0.25) is 0 Å². The summed E-state index contributed by atoms with van der Waals surface area (Å²) in [5.41, 5.74) is 8.02. The average Bonchev–Trinajstić information content (AvgIpc) is 3.24. The standard InChI is InChI=1S/C30H20BNO/c31-23-12-16-25(17-13-23)32(24-14-10-22(11-15-24)21-6-2-1-3-7-21)26-18-19-28-27-8-4-5-9-29(27)33-30(28)20-26/h1-20H. The van der Waals surface area contributed by atoms with Crippen LogP contribution < -0.4 is 10.4 Å². The van der Waals surface area contributed by atoms with Gasteiger partial charge in [0, 0.05) is 33.9 Å². The summed E-state index contributed by atoms with van der Waals surface area (Å²) in [5, 5.41) is 2.25. The van der Waals surface area contributed by atoms with Crippen molar-refractivity contribution in [2.75, 3.05) is 4.90 Å². The van der Waals surface area contributed by atoms with Crippen molar-refractivity contribution in [2.24, 2.45) is 0 Å². The molecule has 0 atom stereocenters. The Morgan fingerprint density at radius 3 is 1.82 bits per heavy atom. The third kappa shape index (κ3) is 3.58. The van der Waals surface area contributed by atoms with Crippen LogP contribution in [0.4, 0.5) is 17.1 Å². The monoisotopic (exact) mass is 421 g/mol. The van der Waals surface area contributed by atoms with Gasteiger partial charge in [-0.05, 0) is 53.6 Å². The fourth-order valence-electron chi connectivity index (χ4n) is 4.36. The minimum Gasteiger partial charge on any atom is -0.456 e.